The second-order valence-electron chi connectivity index (χ2n) is 7.33. The molecule has 2 aromatic carbocycles. The van der Waals surface area contributed by atoms with Crippen LogP contribution < -0.4 is 14.4 Å². The Hall–Kier alpha value is -3.61. The van der Waals surface area contributed by atoms with E-state index in [0.717, 1.165) is 5.56 Å². The largest absolute Gasteiger partial charge is 0.486 e. The first kappa shape index (κ1) is 20.7. The Kier molecular flexibility index (Phi) is 6.31. The molecular weight excluding hydrogens is 396 g/mol. The van der Waals surface area contributed by atoms with E-state index >= 15 is 0 Å². The van der Waals surface area contributed by atoms with Gasteiger partial charge in [-0.25, -0.2) is 0 Å². The van der Waals surface area contributed by atoms with Crippen molar-refractivity contribution in [2.75, 3.05) is 31.2 Å². The van der Waals surface area contributed by atoms with Crippen molar-refractivity contribution in [1.29, 1.82) is 0 Å². The normalized spacial score (nSPS) is 15.5. The minimum Gasteiger partial charge on any atom is -0.486 e. The lowest BCUT2D eigenvalue weighted by atomic mass is 10.2. The van der Waals surface area contributed by atoms with Crippen LogP contribution in [-0.2, 0) is 14.4 Å². The predicted octanol–water partition coefficient (Wildman–Crippen LogP) is 3.04. The Morgan fingerprint density at radius 3 is 2.42 bits per heavy atom. The van der Waals surface area contributed by atoms with Gasteiger partial charge in [0.05, 0.1) is 0 Å². The average molecular weight is 420 g/mol. The van der Waals surface area contributed by atoms with Gasteiger partial charge >= 0.3 is 0 Å². The molecule has 2 heterocycles. The third-order valence-electron chi connectivity index (χ3n) is 5.24. The molecule has 1 fully saturated rings. The number of imide groups is 1. The molecule has 4 rings (SSSR count). The molecule has 160 valence electrons. The van der Waals surface area contributed by atoms with Crippen LogP contribution in [0.15, 0.2) is 54.6 Å². The Labute approximate surface area is 180 Å². The van der Waals surface area contributed by atoms with Crippen LogP contribution in [0.3, 0.4) is 0 Å². The summed E-state index contributed by atoms with van der Waals surface area (Å²) in [6.07, 6.45) is 4.37. The number of rotatable bonds is 7. The Morgan fingerprint density at radius 2 is 1.68 bits per heavy atom. The predicted molar refractivity (Wildman–Crippen MR) is 116 cm³/mol. The molecule has 2 aliphatic heterocycles. The smallest absolute Gasteiger partial charge is 0.229 e. The number of anilines is 1. The lowest BCUT2D eigenvalue weighted by Crippen LogP contribution is -2.36. The van der Waals surface area contributed by atoms with Gasteiger partial charge in [-0.3, -0.25) is 19.3 Å². The number of ether oxygens (including phenoxy) is 2. The first-order valence-corrected chi connectivity index (χ1v) is 10.4. The van der Waals surface area contributed by atoms with Crippen LogP contribution in [0, 0.1) is 0 Å². The number of carbonyl (C=O) groups is 3. The van der Waals surface area contributed by atoms with Crippen LogP contribution in [0.2, 0.25) is 0 Å². The highest BCUT2D eigenvalue weighted by Gasteiger charge is 2.29. The number of carbonyl (C=O) groups excluding carboxylic acids is 3. The standard InChI is InChI=1S/C24H24N2O5/c27-22-10-11-23(28)26(22)14-12-24(29)25(13-4-7-18-5-2-1-3-6-18)19-8-9-20-21(17-19)31-16-15-30-20/h1-9,17H,10-16H2/b7-4+. The topological polar surface area (TPSA) is 76.2 Å². The summed E-state index contributed by atoms with van der Waals surface area (Å²) in [4.78, 5) is 39.6. The lowest BCUT2D eigenvalue weighted by Gasteiger charge is -2.25. The SMILES string of the molecule is O=C1CCC(=O)N1CCC(=O)N(C/C=C/c1ccccc1)c1ccc2c(c1)OCCO2. The fourth-order valence-corrected chi connectivity index (χ4v) is 3.62. The molecular formula is C24H24N2O5. The monoisotopic (exact) mass is 420 g/mol. The van der Waals surface area contributed by atoms with Crippen molar-refractivity contribution in [2.45, 2.75) is 19.3 Å². The second-order valence-corrected chi connectivity index (χ2v) is 7.33. The molecule has 0 unspecified atom stereocenters. The molecule has 0 aliphatic carbocycles. The van der Waals surface area contributed by atoms with Crippen molar-refractivity contribution in [3.63, 3.8) is 0 Å². The van der Waals surface area contributed by atoms with Crippen molar-refractivity contribution in [1.82, 2.24) is 4.90 Å². The van der Waals surface area contributed by atoms with Crippen LogP contribution in [0.4, 0.5) is 5.69 Å². The zero-order chi connectivity index (χ0) is 21.6. The zero-order valence-corrected chi connectivity index (χ0v) is 17.2. The molecule has 2 aliphatic rings. The molecule has 0 spiro atoms. The van der Waals surface area contributed by atoms with E-state index in [9.17, 15) is 14.4 Å². The number of amides is 3. The molecule has 0 bridgehead atoms. The summed E-state index contributed by atoms with van der Waals surface area (Å²) >= 11 is 0. The summed E-state index contributed by atoms with van der Waals surface area (Å²) in [7, 11) is 0. The molecule has 7 heteroatoms. The van der Waals surface area contributed by atoms with Crippen LogP contribution in [-0.4, -0.2) is 48.9 Å². The molecule has 0 aromatic heterocycles. The van der Waals surface area contributed by atoms with Crippen LogP contribution in [0.5, 0.6) is 11.5 Å². The van der Waals surface area contributed by atoms with Crippen molar-refractivity contribution in [2.24, 2.45) is 0 Å². The van der Waals surface area contributed by atoms with E-state index in [0.29, 0.717) is 36.9 Å². The van der Waals surface area contributed by atoms with E-state index in [1.165, 1.54) is 4.90 Å². The summed E-state index contributed by atoms with van der Waals surface area (Å²) in [5.74, 6) is 0.635. The summed E-state index contributed by atoms with van der Waals surface area (Å²) < 4.78 is 11.2. The fourth-order valence-electron chi connectivity index (χ4n) is 3.62. The van der Waals surface area contributed by atoms with E-state index in [1.54, 1.807) is 17.0 Å². The second kappa shape index (κ2) is 9.47. The van der Waals surface area contributed by atoms with Gasteiger partial charge in [-0.1, -0.05) is 42.5 Å². The highest BCUT2D eigenvalue weighted by molar-refractivity contribution is 6.02. The number of benzene rings is 2. The van der Waals surface area contributed by atoms with Gasteiger partial charge in [-0.05, 0) is 17.7 Å². The molecule has 3 amide bonds. The van der Waals surface area contributed by atoms with E-state index in [2.05, 4.69) is 0 Å². The van der Waals surface area contributed by atoms with Crippen molar-refractivity contribution in [3.05, 3.63) is 60.2 Å². The number of hydrogen-bond donors (Lipinski definition) is 0. The molecule has 0 saturated carbocycles. The average Bonchev–Trinajstić information content (AvgIpc) is 3.12. The van der Waals surface area contributed by atoms with E-state index in [1.807, 2.05) is 48.6 Å². The van der Waals surface area contributed by atoms with Crippen LogP contribution >= 0.6 is 0 Å². The van der Waals surface area contributed by atoms with Gasteiger partial charge in [-0.15, -0.1) is 0 Å². The summed E-state index contributed by atoms with van der Waals surface area (Å²) in [6.45, 7) is 1.39. The maximum atomic E-state index is 13.1. The molecule has 0 atom stereocenters. The fraction of sp³-hybridized carbons (Fsp3) is 0.292. The zero-order valence-electron chi connectivity index (χ0n) is 17.2. The Balaban J connectivity index is 1.51. The maximum absolute atomic E-state index is 13.1. The summed E-state index contributed by atoms with van der Waals surface area (Å²) in [6, 6.07) is 15.2. The van der Waals surface area contributed by atoms with E-state index in [4.69, 9.17) is 9.47 Å². The van der Waals surface area contributed by atoms with Gasteiger partial charge in [0.2, 0.25) is 17.7 Å². The quantitative estimate of drug-likeness (QED) is 0.644. The number of nitrogens with zero attached hydrogens (tertiary/aromatic N) is 2. The number of fused-ring (bicyclic) bond motifs is 1. The molecule has 7 nitrogen and oxygen atoms in total. The van der Waals surface area contributed by atoms with Crippen molar-refractivity contribution < 1.29 is 23.9 Å². The minimum atomic E-state index is -0.215. The Morgan fingerprint density at radius 1 is 0.968 bits per heavy atom. The van der Waals surface area contributed by atoms with Gasteiger partial charge in [0, 0.05) is 44.1 Å². The maximum Gasteiger partial charge on any atom is 0.229 e. The van der Waals surface area contributed by atoms with Gasteiger partial charge < -0.3 is 14.4 Å². The molecule has 2 aromatic rings. The molecule has 0 radical (unpaired) electrons. The molecule has 1 saturated heterocycles. The first-order valence-electron chi connectivity index (χ1n) is 10.4. The summed E-state index contributed by atoms with van der Waals surface area (Å²) in [5, 5.41) is 0. The highest BCUT2D eigenvalue weighted by atomic mass is 16.6. The third-order valence-corrected chi connectivity index (χ3v) is 5.24. The van der Waals surface area contributed by atoms with Gasteiger partial charge in [0.1, 0.15) is 13.2 Å². The van der Waals surface area contributed by atoms with Gasteiger partial charge in [0.25, 0.3) is 0 Å². The number of likely N-dealkylation sites (tertiary alicyclic amines) is 1. The van der Waals surface area contributed by atoms with Crippen LogP contribution in [0.1, 0.15) is 24.8 Å². The summed E-state index contributed by atoms with van der Waals surface area (Å²) in [5.41, 5.74) is 1.70. The van der Waals surface area contributed by atoms with E-state index < -0.39 is 0 Å². The number of hydrogen-bond acceptors (Lipinski definition) is 5. The first-order chi connectivity index (χ1) is 15.1. The molecule has 0 N–H and O–H groups in total. The Bertz CT molecular complexity index is 986. The van der Waals surface area contributed by atoms with Gasteiger partial charge in [-0.2, -0.15) is 0 Å². The van der Waals surface area contributed by atoms with Crippen molar-refractivity contribution >= 4 is 29.5 Å². The third kappa shape index (κ3) is 4.94. The lowest BCUT2D eigenvalue weighted by molar-refractivity contribution is -0.138. The van der Waals surface area contributed by atoms with E-state index in [-0.39, 0.29) is 43.5 Å². The molecule has 31 heavy (non-hydrogen) atoms. The van der Waals surface area contributed by atoms with Crippen LogP contribution in [0.25, 0.3) is 6.08 Å². The van der Waals surface area contributed by atoms with Crippen molar-refractivity contribution in [3.8, 4) is 11.5 Å². The minimum absolute atomic E-state index is 0.0606. The highest BCUT2D eigenvalue weighted by Crippen LogP contribution is 2.34. The van der Waals surface area contributed by atoms with Gasteiger partial charge in [0.15, 0.2) is 11.5 Å².